The van der Waals surface area contributed by atoms with Crippen LogP contribution in [-0.2, 0) is 0 Å². The molecule has 0 aliphatic carbocycles. The molecule has 2 aromatic carbocycles. The van der Waals surface area contributed by atoms with Crippen LogP contribution in [0.15, 0.2) is 43.5 Å². The average Bonchev–Trinajstić information content (AvgIpc) is 2.27. The summed E-state index contributed by atoms with van der Waals surface area (Å²) >= 11 is 2.11. The van der Waals surface area contributed by atoms with Gasteiger partial charge in [0, 0.05) is 0 Å². The minimum absolute atomic E-state index is 1.18. The topological polar surface area (TPSA) is 0 Å². The second-order valence-electron chi connectivity index (χ2n) is 3.65. The van der Waals surface area contributed by atoms with Gasteiger partial charge in [0.05, 0.1) is 0 Å². The van der Waals surface area contributed by atoms with Crippen molar-refractivity contribution in [3.8, 4) is 0 Å². The SMILES string of the molecule is [Li][c]1cc2ccccc2c(C=C)c1C=C. The second kappa shape index (κ2) is 4.11. The van der Waals surface area contributed by atoms with Gasteiger partial charge in [-0.05, 0) is 0 Å². The molecular weight excluding hydrogens is 175 g/mol. The number of benzene rings is 2. The van der Waals surface area contributed by atoms with Crippen molar-refractivity contribution >= 4 is 44.9 Å². The predicted molar refractivity (Wildman–Crippen MR) is 69.5 cm³/mol. The van der Waals surface area contributed by atoms with Crippen molar-refractivity contribution in [2.75, 3.05) is 0 Å². The van der Waals surface area contributed by atoms with E-state index < -0.39 is 0 Å². The molecule has 0 N–H and O–H groups in total. The third-order valence-corrected chi connectivity index (χ3v) is 2.75. The summed E-state index contributed by atoms with van der Waals surface area (Å²) in [6, 6.07) is 10.6. The van der Waals surface area contributed by atoms with Gasteiger partial charge in [0.25, 0.3) is 0 Å². The minimum atomic E-state index is 1.18. The fourth-order valence-electron chi connectivity index (χ4n) is 2.03. The van der Waals surface area contributed by atoms with Crippen LogP contribution in [0.2, 0.25) is 0 Å². The Bertz CT molecular complexity index is 538. The average molecular weight is 186 g/mol. The van der Waals surface area contributed by atoms with Crippen molar-refractivity contribution in [2.45, 2.75) is 0 Å². The molecule has 68 valence electrons. The maximum atomic E-state index is 3.88. The molecule has 0 saturated carbocycles. The number of hydrogen-bond donors (Lipinski definition) is 0. The van der Waals surface area contributed by atoms with Crippen molar-refractivity contribution in [3.63, 3.8) is 0 Å². The van der Waals surface area contributed by atoms with Gasteiger partial charge >= 0.3 is 99.5 Å². The molecule has 0 aliphatic heterocycles. The molecule has 2 rings (SSSR count). The van der Waals surface area contributed by atoms with E-state index in [1.54, 1.807) is 0 Å². The summed E-state index contributed by atoms with van der Waals surface area (Å²) in [4.78, 5) is 0. The fourth-order valence-corrected chi connectivity index (χ4v) is 2.03. The zero-order valence-electron chi connectivity index (χ0n) is 8.96. The molecule has 0 unspecified atom stereocenters. The van der Waals surface area contributed by atoms with E-state index in [0.717, 1.165) is 0 Å². The summed E-state index contributed by atoms with van der Waals surface area (Å²) in [5, 5.41) is 2.50. The van der Waals surface area contributed by atoms with E-state index >= 15 is 0 Å². The van der Waals surface area contributed by atoms with Crippen LogP contribution in [0.1, 0.15) is 11.1 Å². The van der Waals surface area contributed by atoms with Gasteiger partial charge in [0.2, 0.25) is 0 Å². The van der Waals surface area contributed by atoms with Crippen LogP contribution < -0.4 is 4.24 Å². The third kappa shape index (κ3) is 1.67. The molecule has 0 saturated heterocycles. The summed E-state index contributed by atoms with van der Waals surface area (Å²) in [6.07, 6.45) is 3.81. The van der Waals surface area contributed by atoms with Crippen molar-refractivity contribution in [1.82, 2.24) is 0 Å². The maximum absolute atomic E-state index is 3.88. The molecule has 0 fully saturated rings. The first-order chi connectivity index (χ1) is 7.27. The van der Waals surface area contributed by atoms with Crippen LogP contribution in [0.4, 0.5) is 0 Å². The monoisotopic (exact) mass is 186 g/mol. The van der Waals surface area contributed by atoms with Crippen LogP contribution in [0.3, 0.4) is 0 Å². The van der Waals surface area contributed by atoms with E-state index in [2.05, 4.69) is 61.2 Å². The zero-order valence-corrected chi connectivity index (χ0v) is 8.96. The summed E-state index contributed by atoms with van der Waals surface area (Å²) in [6.45, 7) is 7.74. The molecular formula is C14H11Li. The van der Waals surface area contributed by atoms with E-state index in [1.807, 2.05) is 12.2 Å². The third-order valence-electron chi connectivity index (χ3n) is 2.75. The van der Waals surface area contributed by atoms with Gasteiger partial charge in [-0.2, -0.15) is 0 Å². The van der Waals surface area contributed by atoms with E-state index in [1.165, 1.54) is 26.1 Å². The number of rotatable bonds is 2. The summed E-state index contributed by atoms with van der Waals surface area (Å²) < 4.78 is 1.25. The van der Waals surface area contributed by atoms with Gasteiger partial charge in [-0.3, -0.25) is 0 Å². The molecule has 0 aromatic heterocycles. The Kier molecular flexibility index (Phi) is 2.82. The fraction of sp³-hybridized carbons (Fsp3) is 0. The van der Waals surface area contributed by atoms with Gasteiger partial charge in [0.15, 0.2) is 0 Å². The molecule has 0 radical (unpaired) electrons. The Morgan fingerprint density at radius 2 is 1.67 bits per heavy atom. The summed E-state index contributed by atoms with van der Waals surface area (Å²) in [7, 11) is 0. The number of hydrogen-bond acceptors (Lipinski definition) is 0. The van der Waals surface area contributed by atoms with Gasteiger partial charge in [0.1, 0.15) is 0 Å². The van der Waals surface area contributed by atoms with Crippen LogP contribution >= 0.6 is 0 Å². The Morgan fingerprint density at radius 3 is 2.33 bits per heavy atom. The molecule has 0 aliphatic rings. The van der Waals surface area contributed by atoms with E-state index in [9.17, 15) is 0 Å². The molecule has 0 spiro atoms. The molecule has 1 heteroatoms. The van der Waals surface area contributed by atoms with Crippen molar-refractivity contribution < 1.29 is 0 Å². The van der Waals surface area contributed by atoms with Crippen LogP contribution in [0, 0.1) is 0 Å². The predicted octanol–water partition coefficient (Wildman–Crippen LogP) is 2.92. The molecule has 0 amide bonds. The van der Waals surface area contributed by atoms with Crippen molar-refractivity contribution in [3.05, 3.63) is 54.6 Å². The van der Waals surface area contributed by atoms with Crippen LogP contribution in [0.25, 0.3) is 22.9 Å². The molecule has 0 heterocycles. The van der Waals surface area contributed by atoms with Crippen molar-refractivity contribution in [2.24, 2.45) is 0 Å². The zero-order chi connectivity index (χ0) is 10.8. The van der Waals surface area contributed by atoms with Gasteiger partial charge < -0.3 is 0 Å². The van der Waals surface area contributed by atoms with Gasteiger partial charge in [-0.1, -0.05) is 0 Å². The molecule has 0 bridgehead atoms. The molecule has 0 atom stereocenters. The Morgan fingerprint density at radius 1 is 1.00 bits per heavy atom. The molecule has 2 aromatic rings. The first kappa shape index (κ1) is 10.3. The first-order valence-electron chi connectivity index (χ1n) is 5.05. The standard InChI is InChI=1S/C14H11.Li/c1-3-11-9-10-12-7-5-6-8-14(12)13(11)4-2;/h3-8,10H,1-2H2;. The second-order valence-corrected chi connectivity index (χ2v) is 3.65. The summed E-state index contributed by atoms with van der Waals surface area (Å²) in [5.41, 5.74) is 2.37. The molecule has 0 nitrogen and oxygen atoms in total. The Labute approximate surface area is 99.5 Å². The van der Waals surface area contributed by atoms with Crippen LogP contribution in [0.5, 0.6) is 0 Å². The van der Waals surface area contributed by atoms with Gasteiger partial charge in [-0.25, -0.2) is 0 Å². The number of fused-ring (bicyclic) bond motifs is 1. The van der Waals surface area contributed by atoms with E-state index in [0.29, 0.717) is 0 Å². The van der Waals surface area contributed by atoms with Gasteiger partial charge in [-0.15, -0.1) is 0 Å². The normalized spacial score (nSPS) is 10.3. The molecule has 15 heavy (non-hydrogen) atoms. The van der Waals surface area contributed by atoms with Crippen LogP contribution in [-0.4, -0.2) is 17.7 Å². The summed E-state index contributed by atoms with van der Waals surface area (Å²) in [5.74, 6) is 0. The van der Waals surface area contributed by atoms with E-state index in [-0.39, 0.29) is 0 Å². The Balaban J connectivity index is 2.97. The quantitative estimate of drug-likeness (QED) is 0.632. The Hall–Kier alpha value is -1.22. The first-order valence-corrected chi connectivity index (χ1v) is 5.05. The van der Waals surface area contributed by atoms with E-state index in [4.69, 9.17) is 0 Å². The van der Waals surface area contributed by atoms with Crippen molar-refractivity contribution in [1.29, 1.82) is 0 Å².